The Morgan fingerprint density at radius 1 is 1.25 bits per heavy atom. The SMILES string of the molecule is OC1CC(O)C(S)C1. The molecule has 8 heavy (non-hydrogen) atoms. The van der Waals surface area contributed by atoms with Crippen molar-refractivity contribution in [1.29, 1.82) is 0 Å². The van der Waals surface area contributed by atoms with Crippen molar-refractivity contribution >= 4 is 12.6 Å². The first-order chi connectivity index (χ1) is 3.70. The van der Waals surface area contributed by atoms with E-state index in [-0.39, 0.29) is 11.4 Å². The molecule has 0 aromatic rings. The molecule has 3 heteroatoms. The average Bonchev–Trinajstić information content (AvgIpc) is 1.85. The van der Waals surface area contributed by atoms with Crippen LogP contribution in [0.3, 0.4) is 0 Å². The van der Waals surface area contributed by atoms with Crippen LogP contribution in [0.15, 0.2) is 0 Å². The van der Waals surface area contributed by atoms with Crippen LogP contribution in [0.5, 0.6) is 0 Å². The molecular weight excluding hydrogens is 124 g/mol. The van der Waals surface area contributed by atoms with Crippen LogP contribution in [-0.2, 0) is 0 Å². The number of aliphatic hydroxyl groups excluding tert-OH is 2. The van der Waals surface area contributed by atoms with Crippen molar-refractivity contribution in [2.45, 2.75) is 30.3 Å². The summed E-state index contributed by atoms with van der Waals surface area (Å²) in [5, 5.41) is 17.8. The summed E-state index contributed by atoms with van der Waals surface area (Å²) in [6, 6.07) is 0. The van der Waals surface area contributed by atoms with Gasteiger partial charge in [-0.2, -0.15) is 12.6 Å². The van der Waals surface area contributed by atoms with Crippen LogP contribution in [0.1, 0.15) is 12.8 Å². The van der Waals surface area contributed by atoms with Gasteiger partial charge in [0.25, 0.3) is 0 Å². The van der Waals surface area contributed by atoms with Crippen molar-refractivity contribution < 1.29 is 10.2 Å². The van der Waals surface area contributed by atoms with E-state index in [9.17, 15) is 0 Å². The molecule has 48 valence electrons. The maximum Gasteiger partial charge on any atom is 0.0681 e. The van der Waals surface area contributed by atoms with Gasteiger partial charge in [-0.25, -0.2) is 0 Å². The fraction of sp³-hybridized carbons (Fsp3) is 1.00. The number of hydrogen-bond donors (Lipinski definition) is 3. The maximum atomic E-state index is 8.93. The Labute approximate surface area is 53.9 Å². The van der Waals surface area contributed by atoms with Gasteiger partial charge in [-0.15, -0.1) is 0 Å². The van der Waals surface area contributed by atoms with E-state index >= 15 is 0 Å². The molecular formula is C5H10O2S. The molecule has 1 saturated carbocycles. The molecule has 0 saturated heterocycles. The minimum atomic E-state index is -0.395. The highest BCUT2D eigenvalue weighted by atomic mass is 32.1. The quantitative estimate of drug-likeness (QED) is 0.402. The van der Waals surface area contributed by atoms with Gasteiger partial charge < -0.3 is 10.2 Å². The van der Waals surface area contributed by atoms with Crippen LogP contribution < -0.4 is 0 Å². The van der Waals surface area contributed by atoms with Gasteiger partial charge in [0.15, 0.2) is 0 Å². The third-order valence-electron chi connectivity index (χ3n) is 1.47. The number of aliphatic hydroxyl groups is 2. The molecule has 2 nitrogen and oxygen atoms in total. The van der Waals surface area contributed by atoms with Gasteiger partial charge in [0, 0.05) is 11.7 Å². The van der Waals surface area contributed by atoms with Crippen LogP contribution in [0.4, 0.5) is 0 Å². The highest BCUT2D eigenvalue weighted by Crippen LogP contribution is 2.23. The third-order valence-corrected chi connectivity index (χ3v) is 2.03. The fourth-order valence-corrected chi connectivity index (χ4v) is 1.33. The summed E-state index contributed by atoms with van der Waals surface area (Å²) in [5.41, 5.74) is 0. The van der Waals surface area contributed by atoms with E-state index in [0.29, 0.717) is 12.8 Å². The second-order valence-corrected chi connectivity index (χ2v) is 2.92. The summed E-state index contributed by atoms with van der Waals surface area (Å²) in [6.45, 7) is 0. The number of hydrogen-bond acceptors (Lipinski definition) is 3. The molecule has 0 bridgehead atoms. The van der Waals surface area contributed by atoms with Crippen LogP contribution in [-0.4, -0.2) is 27.7 Å². The maximum absolute atomic E-state index is 8.93. The molecule has 0 aliphatic heterocycles. The van der Waals surface area contributed by atoms with Crippen LogP contribution in [0.2, 0.25) is 0 Å². The van der Waals surface area contributed by atoms with Crippen molar-refractivity contribution in [1.82, 2.24) is 0 Å². The minimum Gasteiger partial charge on any atom is -0.393 e. The molecule has 0 aromatic carbocycles. The molecule has 0 radical (unpaired) electrons. The zero-order valence-electron chi connectivity index (χ0n) is 4.49. The summed E-state index contributed by atoms with van der Waals surface area (Å²) >= 11 is 4.04. The van der Waals surface area contributed by atoms with Crippen LogP contribution in [0, 0.1) is 0 Å². The van der Waals surface area contributed by atoms with Crippen molar-refractivity contribution in [3.63, 3.8) is 0 Å². The zero-order chi connectivity index (χ0) is 6.15. The fourth-order valence-electron chi connectivity index (χ4n) is 0.968. The van der Waals surface area contributed by atoms with Crippen molar-refractivity contribution in [2.75, 3.05) is 0 Å². The summed E-state index contributed by atoms with van der Waals surface area (Å²) in [7, 11) is 0. The topological polar surface area (TPSA) is 40.5 Å². The monoisotopic (exact) mass is 134 g/mol. The Balaban J connectivity index is 2.39. The Kier molecular flexibility index (Phi) is 1.80. The van der Waals surface area contributed by atoms with Crippen LogP contribution >= 0.6 is 12.6 Å². The van der Waals surface area contributed by atoms with Gasteiger partial charge >= 0.3 is 0 Å². The first-order valence-corrected chi connectivity index (χ1v) is 3.26. The summed E-state index contributed by atoms with van der Waals surface area (Å²) < 4.78 is 0. The van der Waals surface area contributed by atoms with Crippen LogP contribution in [0.25, 0.3) is 0 Å². The second-order valence-electron chi connectivity index (χ2n) is 2.26. The van der Waals surface area contributed by atoms with E-state index < -0.39 is 6.10 Å². The molecule has 0 heterocycles. The lowest BCUT2D eigenvalue weighted by Gasteiger charge is -2.02. The smallest absolute Gasteiger partial charge is 0.0681 e. The Bertz CT molecular complexity index is 76.5. The molecule has 1 rings (SSSR count). The van der Waals surface area contributed by atoms with Crippen molar-refractivity contribution in [3.05, 3.63) is 0 Å². The van der Waals surface area contributed by atoms with Gasteiger partial charge in [-0.1, -0.05) is 0 Å². The summed E-state index contributed by atoms with van der Waals surface area (Å²) in [4.78, 5) is 0. The van der Waals surface area contributed by atoms with Gasteiger partial charge in [-0.3, -0.25) is 0 Å². The molecule has 1 aliphatic carbocycles. The zero-order valence-corrected chi connectivity index (χ0v) is 5.38. The van der Waals surface area contributed by atoms with E-state index in [0.717, 1.165) is 0 Å². The molecule has 0 spiro atoms. The van der Waals surface area contributed by atoms with E-state index in [4.69, 9.17) is 10.2 Å². The lowest BCUT2D eigenvalue weighted by Crippen LogP contribution is -2.11. The minimum absolute atomic E-state index is 0.00926. The Morgan fingerprint density at radius 3 is 2.00 bits per heavy atom. The standard InChI is InChI=1S/C5H10O2S/c6-3-1-4(7)5(8)2-3/h3-8H,1-2H2. The lowest BCUT2D eigenvalue weighted by atomic mass is 10.3. The third kappa shape index (κ3) is 1.16. The summed E-state index contributed by atoms with van der Waals surface area (Å²) in [5.74, 6) is 0. The largest absolute Gasteiger partial charge is 0.393 e. The average molecular weight is 134 g/mol. The highest BCUT2D eigenvalue weighted by molar-refractivity contribution is 7.81. The molecule has 3 unspecified atom stereocenters. The molecule has 1 aliphatic rings. The molecule has 2 N–H and O–H groups in total. The first-order valence-electron chi connectivity index (χ1n) is 2.74. The van der Waals surface area contributed by atoms with E-state index in [1.165, 1.54) is 0 Å². The van der Waals surface area contributed by atoms with Crippen molar-refractivity contribution in [2.24, 2.45) is 0 Å². The van der Waals surface area contributed by atoms with Gasteiger partial charge in [0.2, 0.25) is 0 Å². The Morgan fingerprint density at radius 2 is 1.88 bits per heavy atom. The van der Waals surface area contributed by atoms with E-state index in [2.05, 4.69) is 12.6 Å². The number of thiol groups is 1. The number of rotatable bonds is 0. The van der Waals surface area contributed by atoms with E-state index in [1.54, 1.807) is 0 Å². The molecule has 3 atom stereocenters. The predicted molar refractivity (Wildman–Crippen MR) is 34.0 cm³/mol. The van der Waals surface area contributed by atoms with Crippen molar-refractivity contribution in [3.8, 4) is 0 Å². The first kappa shape index (κ1) is 6.39. The van der Waals surface area contributed by atoms with E-state index in [1.807, 2.05) is 0 Å². The lowest BCUT2D eigenvalue weighted by molar-refractivity contribution is 0.138. The normalized spacial score (nSPS) is 47.6. The second kappa shape index (κ2) is 2.25. The predicted octanol–water partition coefficient (Wildman–Crippen LogP) is -0.200. The molecule has 0 amide bonds. The molecule has 1 fully saturated rings. The highest BCUT2D eigenvalue weighted by Gasteiger charge is 2.28. The van der Waals surface area contributed by atoms with Gasteiger partial charge in [0.05, 0.1) is 12.2 Å². The Hall–Kier alpha value is 0.270. The van der Waals surface area contributed by atoms with Gasteiger partial charge in [0.1, 0.15) is 0 Å². The molecule has 0 aromatic heterocycles. The summed E-state index contributed by atoms with van der Waals surface area (Å²) in [6.07, 6.45) is 0.402. The van der Waals surface area contributed by atoms with Gasteiger partial charge in [-0.05, 0) is 6.42 Å².